The maximum Gasteiger partial charge on any atom is 0.346 e. The number of para-hydroxylation sites is 1. The second-order valence-electron chi connectivity index (χ2n) is 10.3. The van der Waals surface area contributed by atoms with E-state index in [-0.39, 0.29) is 46.8 Å². The Hall–Kier alpha value is -6.52. The van der Waals surface area contributed by atoms with Gasteiger partial charge in [-0.25, -0.2) is 28.6 Å². The highest BCUT2D eigenvalue weighted by molar-refractivity contribution is 6.21. The van der Waals surface area contributed by atoms with Crippen LogP contribution in [0.3, 0.4) is 0 Å². The largest absolute Gasteiger partial charge is 0.346 e. The molecule has 0 unspecified atom stereocenters. The van der Waals surface area contributed by atoms with Gasteiger partial charge in [-0.05, 0) is 31.2 Å². The molecule has 2 aromatic carbocycles. The van der Waals surface area contributed by atoms with Crippen molar-refractivity contribution in [1.82, 2.24) is 44.0 Å². The predicted octanol–water partition coefficient (Wildman–Crippen LogP) is -0.235. The summed E-state index contributed by atoms with van der Waals surface area (Å²) in [5.74, 6) is -1.33. The zero-order valence-electron chi connectivity index (χ0n) is 27.2. The Morgan fingerprint density at radius 3 is 1.46 bits per heavy atom. The van der Waals surface area contributed by atoms with Crippen molar-refractivity contribution in [2.75, 3.05) is 21.1 Å². The summed E-state index contributed by atoms with van der Waals surface area (Å²) in [5.41, 5.74) is 2.83. The number of rotatable bonds is 0. The molecular formula is C31H33N9O8. The monoisotopic (exact) mass is 659 g/mol. The van der Waals surface area contributed by atoms with Crippen LogP contribution in [-0.2, 0) is 40.3 Å². The summed E-state index contributed by atoms with van der Waals surface area (Å²) >= 11 is 0. The molecule has 0 saturated carbocycles. The maximum absolute atomic E-state index is 11.3. The van der Waals surface area contributed by atoms with Gasteiger partial charge in [0, 0.05) is 66.1 Å². The Balaban J connectivity index is 0.000000164. The summed E-state index contributed by atoms with van der Waals surface area (Å²) in [5, 5.41) is 10.1. The Kier molecular flexibility index (Phi) is 11.4. The van der Waals surface area contributed by atoms with Crippen molar-refractivity contribution in [3.8, 4) is 0 Å². The molecule has 0 spiro atoms. The van der Waals surface area contributed by atoms with Crippen molar-refractivity contribution >= 4 is 46.5 Å². The third kappa shape index (κ3) is 8.00. The molecule has 0 aliphatic carbocycles. The maximum atomic E-state index is 11.3. The number of fused-ring (bicyclic) bond motifs is 2. The number of nitrogens with one attached hydrogen (secondary N) is 1. The molecule has 17 heteroatoms. The highest BCUT2D eigenvalue weighted by atomic mass is 16.2. The first kappa shape index (κ1) is 36.0. The van der Waals surface area contributed by atoms with Crippen LogP contribution in [0.4, 0.5) is 0 Å². The summed E-state index contributed by atoms with van der Waals surface area (Å²) < 4.78 is 3.89. The minimum absolute atomic E-state index is 0.194. The van der Waals surface area contributed by atoms with Gasteiger partial charge in [-0.15, -0.1) is 5.10 Å². The van der Waals surface area contributed by atoms with Gasteiger partial charge in [-0.3, -0.25) is 43.5 Å². The molecule has 0 radical (unpaired) electrons. The molecule has 3 aliphatic heterocycles. The van der Waals surface area contributed by atoms with Crippen LogP contribution in [0.1, 0.15) is 27.6 Å². The zero-order chi connectivity index (χ0) is 35.9. The Morgan fingerprint density at radius 1 is 0.604 bits per heavy atom. The number of imide groups is 3. The molecule has 2 aromatic heterocycles. The second kappa shape index (κ2) is 15.2. The number of hydrogen-bond acceptors (Lipinski definition) is 10. The average molecular weight is 660 g/mol. The zero-order valence-corrected chi connectivity index (χ0v) is 27.2. The van der Waals surface area contributed by atoms with Gasteiger partial charge in [-0.2, -0.15) is 0 Å². The summed E-state index contributed by atoms with van der Waals surface area (Å²) in [6.07, 6.45) is 3.84. The lowest BCUT2D eigenvalue weighted by Crippen LogP contribution is -2.25. The van der Waals surface area contributed by atoms with Crippen molar-refractivity contribution in [2.24, 2.45) is 21.1 Å². The van der Waals surface area contributed by atoms with Crippen LogP contribution in [0, 0.1) is 0 Å². The molecule has 0 fully saturated rings. The van der Waals surface area contributed by atoms with Gasteiger partial charge >= 0.3 is 11.4 Å². The molecule has 48 heavy (non-hydrogen) atoms. The predicted molar refractivity (Wildman–Crippen MR) is 171 cm³/mol. The van der Waals surface area contributed by atoms with Crippen molar-refractivity contribution in [3.63, 3.8) is 0 Å². The van der Waals surface area contributed by atoms with Crippen LogP contribution < -0.4 is 11.4 Å². The third-order valence-corrected chi connectivity index (χ3v) is 7.00. The summed E-state index contributed by atoms with van der Waals surface area (Å²) in [7, 11) is 9.20. The number of likely N-dealkylation sites (N-methyl/N-ethyl adjacent to an activating group) is 2. The summed E-state index contributed by atoms with van der Waals surface area (Å²) in [6.45, 7) is 1.63. The molecule has 0 atom stereocenters. The number of nitrogens with zero attached hydrogens (tertiary/aromatic N) is 8. The molecule has 5 heterocycles. The lowest BCUT2D eigenvalue weighted by atomic mass is 10.1. The quantitative estimate of drug-likeness (QED) is 0.246. The molecule has 3 aliphatic rings. The van der Waals surface area contributed by atoms with Crippen LogP contribution in [0.2, 0.25) is 0 Å². The van der Waals surface area contributed by atoms with E-state index < -0.39 is 0 Å². The first-order chi connectivity index (χ1) is 22.6. The number of hydrogen-bond donors (Lipinski definition) is 1. The van der Waals surface area contributed by atoms with Gasteiger partial charge < -0.3 is 0 Å². The van der Waals surface area contributed by atoms with Gasteiger partial charge in [0.05, 0.1) is 16.6 Å². The fraction of sp³-hybridized carbons (Fsp3) is 0.226. The van der Waals surface area contributed by atoms with Crippen LogP contribution in [-0.4, -0.2) is 101 Å². The average Bonchev–Trinajstić information content (AvgIpc) is 3.80. The smallest absolute Gasteiger partial charge is 0.279 e. The Morgan fingerprint density at radius 2 is 1.12 bits per heavy atom. The highest BCUT2D eigenvalue weighted by Crippen LogP contribution is 2.20. The minimum Gasteiger partial charge on any atom is -0.279 e. The molecular weight excluding hydrogens is 626 g/mol. The molecule has 6 amide bonds. The van der Waals surface area contributed by atoms with E-state index in [4.69, 9.17) is 0 Å². The van der Waals surface area contributed by atoms with E-state index in [1.165, 1.54) is 53.5 Å². The van der Waals surface area contributed by atoms with Crippen LogP contribution in [0.25, 0.3) is 11.0 Å². The minimum atomic E-state index is -0.387. The number of aryl methyl sites for hydroxylation is 2. The Bertz CT molecular complexity index is 2040. The van der Waals surface area contributed by atoms with Gasteiger partial charge in [0.15, 0.2) is 0 Å². The van der Waals surface area contributed by atoms with Gasteiger partial charge in [0.25, 0.3) is 35.4 Å². The highest BCUT2D eigenvalue weighted by Gasteiger charge is 2.31. The van der Waals surface area contributed by atoms with Crippen molar-refractivity contribution in [3.05, 3.63) is 104 Å². The third-order valence-electron chi connectivity index (χ3n) is 7.00. The van der Waals surface area contributed by atoms with E-state index in [0.717, 1.165) is 35.0 Å². The van der Waals surface area contributed by atoms with Gasteiger partial charge in [-0.1, -0.05) is 29.5 Å². The van der Waals surface area contributed by atoms with Crippen LogP contribution in [0.5, 0.6) is 0 Å². The molecule has 0 saturated heterocycles. The van der Waals surface area contributed by atoms with Crippen molar-refractivity contribution in [2.45, 2.75) is 6.92 Å². The SMILES string of the molecule is CC1=CC(=O)N(C)C1=O.CN1C(=O)C=CC1=O.CN1C(=O)c2ccccc2C1=O.Cn1[nH]c(=O)n(C)c1=O.Cn1nnc2ccccc21. The molecule has 4 aromatic rings. The summed E-state index contributed by atoms with van der Waals surface area (Å²) in [4.78, 5) is 89.3. The molecule has 250 valence electrons. The fourth-order valence-electron chi connectivity index (χ4n) is 4.06. The number of aromatic nitrogens is 6. The summed E-state index contributed by atoms with van der Waals surface area (Å²) in [6, 6.07) is 14.7. The standard InChI is InChI=1S/C9H7NO2.C7H7N3.C6H7NO2.C5H5NO2.C4H7N3O2/c1-10-8(11)6-4-2-3-5-7(6)9(10)12;1-10-7-5-3-2-4-6(7)8-9-10;1-4-3-5(8)7(2)6(4)9;1-6-4(7)2-3-5(6)8;1-6-3(8)5-7(2)4(6)9/h2-5H,1H3;2-5H,1H3;3H,1-2H3;2-3H,1H3;1-2H3,(H,5,8). The van der Waals surface area contributed by atoms with E-state index in [2.05, 4.69) is 15.4 Å². The lowest BCUT2D eigenvalue weighted by Gasteiger charge is -2.03. The molecule has 1 N–H and O–H groups in total. The first-order valence-electron chi connectivity index (χ1n) is 14.0. The molecule has 7 rings (SSSR count). The van der Waals surface area contributed by atoms with E-state index in [1.807, 2.05) is 31.3 Å². The van der Waals surface area contributed by atoms with E-state index in [0.29, 0.717) is 16.7 Å². The molecule has 0 bridgehead atoms. The topological polar surface area (TPSA) is 203 Å². The number of benzene rings is 2. The number of carbonyl (C=O) groups excluding carboxylic acids is 6. The molecule has 17 nitrogen and oxygen atoms in total. The van der Waals surface area contributed by atoms with Crippen molar-refractivity contribution in [1.29, 1.82) is 0 Å². The van der Waals surface area contributed by atoms with Gasteiger partial charge in [0.1, 0.15) is 5.52 Å². The van der Waals surface area contributed by atoms with E-state index in [9.17, 15) is 38.4 Å². The normalized spacial score (nSPS) is 14.5. The van der Waals surface area contributed by atoms with Crippen molar-refractivity contribution < 1.29 is 28.8 Å². The Labute approximate surface area is 272 Å². The number of amides is 6. The number of H-pyrrole nitrogens is 1. The second-order valence-corrected chi connectivity index (χ2v) is 10.3. The van der Waals surface area contributed by atoms with E-state index >= 15 is 0 Å². The number of aromatic amines is 1. The van der Waals surface area contributed by atoms with Gasteiger partial charge in [0.2, 0.25) is 0 Å². The number of carbonyl (C=O) groups is 6. The lowest BCUT2D eigenvalue weighted by molar-refractivity contribution is -0.136. The van der Waals surface area contributed by atoms with Crippen LogP contribution >= 0.6 is 0 Å². The first-order valence-corrected chi connectivity index (χ1v) is 14.0. The van der Waals surface area contributed by atoms with Crippen LogP contribution in [0.15, 0.2) is 81.9 Å². The van der Waals surface area contributed by atoms with E-state index in [1.54, 1.807) is 35.9 Å². The fourth-order valence-corrected chi connectivity index (χ4v) is 4.06.